The van der Waals surface area contributed by atoms with E-state index < -0.39 is 0 Å². The third-order valence-electron chi connectivity index (χ3n) is 6.50. The molecule has 6 nitrogen and oxygen atoms in total. The number of phenols is 2. The third-order valence-corrected chi connectivity index (χ3v) is 6.50. The second kappa shape index (κ2) is 9.31. The van der Waals surface area contributed by atoms with Gasteiger partial charge < -0.3 is 29.3 Å². The first-order chi connectivity index (χ1) is 16.6. The van der Waals surface area contributed by atoms with Gasteiger partial charge in [0, 0.05) is 41.0 Å². The molecule has 1 unspecified atom stereocenters. The van der Waals surface area contributed by atoms with Crippen molar-refractivity contribution in [2.45, 2.75) is 20.0 Å². The predicted octanol–water partition coefficient (Wildman–Crippen LogP) is 5.26. The highest BCUT2D eigenvalue weighted by Crippen LogP contribution is 2.51. The molecule has 5 rings (SSSR count). The van der Waals surface area contributed by atoms with Crippen LogP contribution < -0.4 is 14.2 Å². The third kappa shape index (κ3) is 4.17. The van der Waals surface area contributed by atoms with Gasteiger partial charge in [-0.15, -0.1) is 0 Å². The molecule has 6 heteroatoms. The van der Waals surface area contributed by atoms with Crippen LogP contribution in [0.2, 0.25) is 0 Å². The molecule has 2 heterocycles. The van der Waals surface area contributed by atoms with Crippen molar-refractivity contribution in [3.8, 4) is 28.7 Å². The lowest BCUT2D eigenvalue weighted by molar-refractivity contribution is 0.222. The zero-order chi connectivity index (χ0) is 23.7. The zero-order valence-electron chi connectivity index (χ0n) is 19.5. The number of rotatable bonds is 7. The summed E-state index contributed by atoms with van der Waals surface area (Å²) in [7, 11) is 0. The van der Waals surface area contributed by atoms with Crippen molar-refractivity contribution in [3.63, 3.8) is 0 Å². The van der Waals surface area contributed by atoms with Gasteiger partial charge in [0.15, 0.2) is 6.10 Å². The molecule has 0 saturated heterocycles. The SMILES string of the molecule is CCN(CC)CCOc1ccc(C2Oc3cc(O)ccc3C3=C2c2ccc(O)cc2OC3)cc1. The minimum Gasteiger partial charge on any atom is -0.508 e. The molecule has 3 aromatic rings. The summed E-state index contributed by atoms with van der Waals surface area (Å²) in [5, 5.41) is 20.0. The molecule has 1 atom stereocenters. The molecule has 176 valence electrons. The minimum absolute atomic E-state index is 0.153. The van der Waals surface area contributed by atoms with Crippen LogP contribution in [0.5, 0.6) is 28.7 Å². The molecule has 0 bridgehead atoms. The molecule has 0 amide bonds. The van der Waals surface area contributed by atoms with Gasteiger partial charge in [0.2, 0.25) is 0 Å². The Morgan fingerprint density at radius 1 is 0.882 bits per heavy atom. The standard InChI is InChI=1S/C28H29NO5/c1-3-29(4-2)13-14-32-21-9-5-18(6-10-21)28-27-23-12-8-19(30)15-25(23)33-17-24(27)22-11-7-20(31)16-26(22)34-28/h5-12,15-16,28,30-31H,3-4,13-14,17H2,1-2H3. The predicted molar refractivity (Wildman–Crippen MR) is 132 cm³/mol. The molecule has 0 spiro atoms. The van der Waals surface area contributed by atoms with E-state index in [1.807, 2.05) is 36.4 Å². The van der Waals surface area contributed by atoms with Gasteiger partial charge in [0.25, 0.3) is 0 Å². The van der Waals surface area contributed by atoms with Crippen molar-refractivity contribution >= 4 is 11.1 Å². The summed E-state index contributed by atoms with van der Waals surface area (Å²) in [6.45, 7) is 8.20. The highest BCUT2D eigenvalue weighted by atomic mass is 16.5. The second-order valence-electron chi connectivity index (χ2n) is 8.48. The van der Waals surface area contributed by atoms with Crippen molar-refractivity contribution in [1.29, 1.82) is 0 Å². The van der Waals surface area contributed by atoms with E-state index >= 15 is 0 Å². The lowest BCUT2D eigenvalue weighted by Gasteiger charge is -2.35. The fraction of sp³-hybridized carbons (Fsp3) is 0.286. The van der Waals surface area contributed by atoms with E-state index in [0.717, 1.165) is 53.2 Å². The van der Waals surface area contributed by atoms with E-state index in [2.05, 4.69) is 18.7 Å². The Kier molecular flexibility index (Phi) is 6.07. The topological polar surface area (TPSA) is 71.4 Å². The number of phenolic OH excluding ortho intramolecular Hbond substituents is 2. The smallest absolute Gasteiger partial charge is 0.150 e. The molecule has 3 aromatic carbocycles. The summed E-state index contributed by atoms with van der Waals surface area (Å²) >= 11 is 0. The second-order valence-corrected chi connectivity index (χ2v) is 8.48. The maximum absolute atomic E-state index is 10.0. The molecule has 0 radical (unpaired) electrons. The summed E-state index contributed by atoms with van der Waals surface area (Å²) in [6, 6.07) is 18.3. The van der Waals surface area contributed by atoms with Crippen LogP contribution in [0.4, 0.5) is 0 Å². The van der Waals surface area contributed by atoms with E-state index in [0.29, 0.717) is 24.7 Å². The Hall–Kier alpha value is -3.64. The molecular weight excluding hydrogens is 430 g/mol. The first kappa shape index (κ1) is 22.2. The number of hydrogen-bond donors (Lipinski definition) is 2. The van der Waals surface area contributed by atoms with Crippen LogP contribution in [-0.4, -0.2) is 48.0 Å². The van der Waals surface area contributed by atoms with E-state index in [1.54, 1.807) is 24.3 Å². The van der Waals surface area contributed by atoms with Gasteiger partial charge in [-0.3, -0.25) is 0 Å². The Labute approximate surface area is 199 Å². The highest BCUT2D eigenvalue weighted by molar-refractivity contribution is 5.99. The minimum atomic E-state index is -0.388. The van der Waals surface area contributed by atoms with E-state index in [-0.39, 0.29) is 17.6 Å². The molecular formula is C28H29NO5. The van der Waals surface area contributed by atoms with Crippen molar-refractivity contribution in [3.05, 3.63) is 77.4 Å². The first-order valence-corrected chi connectivity index (χ1v) is 11.7. The van der Waals surface area contributed by atoms with Crippen LogP contribution in [0.1, 0.15) is 36.6 Å². The van der Waals surface area contributed by atoms with Gasteiger partial charge in [-0.2, -0.15) is 0 Å². The number of aromatic hydroxyl groups is 2. The molecule has 0 fully saturated rings. The normalized spacial score (nSPS) is 16.3. The quantitative estimate of drug-likeness (QED) is 0.503. The maximum atomic E-state index is 10.0. The summed E-state index contributed by atoms with van der Waals surface area (Å²) in [4.78, 5) is 2.32. The Balaban J connectivity index is 1.48. The number of fused-ring (bicyclic) bond motifs is 4. The Bertz CT molecular complexity index is 1210. The summed E-state index contributed by atoms with van der Waals surface area (Å²) < 4.78 is 18.4. The van der Waals surface area contributed by atoms with Gasteiger partial charge in [-0.25, -0.2) is 0 Å². The molecule has 2 aliphatic heterocycles. The summed E-state index contributed by atoms with van der Waals surface area (Å²) in [5.74, 6) is 2.38. The average Bonchev–Trinajstić information content (AvgIpc) is 2.86. The van der Waals surface area contributed by atoms with Crippen molar-refractivity contribution in [1.82, 2.24) is 4.90 Å². The fourth-order valence-electron chi connectivity index (χ4n) is 4.62. The van der Waals surface area contributed by atoms with E-state index in [1.165, 1.54) is 0 Å². The van der Waals surface area contributed by atoms with Crippen LogP contribution in [0.15, 0.2) is 60.7 Å². The van der Waals surface area contributed by atoms with Crippen LogP contribution in [0.3, 0.4) is 0 Å². The number of nitrogens with zero attached hydrogens (tertiary/aromatic N) is 1. The lowest BCUT2D eigenvalue weighted by atomic mass is 9.84. The van der Waals surface area contributed by atoms with Crippen LogP contribution in [0.25, 0.3) is 11.1 Å². The average molecular weight is 460 g/mol. The van der Waals surface area contributed by atoms with Gasteiger partial charge in [-0.1, -0.05) is 26.0 Å². The molecule has 0 aromatic heterocycles. The molecule has 34 heavy (non-hydrogen) atoms. The number of likely N-dealkylation sites (N-methyl/N-ethyl adjacent to an activating group) is 1. The molecule has 2 N–H and O–H groups in total. The molecule has 0 saturated carbocycles. The lowest BCUT2D eigenvalue weighted by Crippen LogP contribution is -2.27. The molecule has 2 aliphatic rings. The van der Waals surface area contributed by atoms with E-state index in [4.69, 9.17) is 14.2 Å². The fourth-order valence-corrected chi connectivity index (χ4v) is 4.62. The zero-order valence-corrected chi connectivity index (χ0v) is 19.5. The number of benzene rings is 3. The summed E-state index contributed by atoms with van der Waals surface area (Å²) in [5.41, 5.74) is 4.79. The highest BCUT2D eigenvalue weighted by Gasteiger charge is 2.35. The maximum Gasteiger partial charge on any atom is 0.150 e. The van der Waals surface area contributed by atoms with E-state index in [9.17, 15) is 10.2 Å². The Morgan fingerprint density at radius 3 is 2.26 bits per heavy atom. The first-order valence-electron chi connectivity index (χ1n) is 11.7. The van der Waals surface area contributed by atoms with Gasteiger partial charge in [-0.05, 0) is 55.1 Å². The van der Waals surface area contributed by atoms with Crippen LogP contribution >= 0.6 is 0 Å². The van der Waals surface area contributed by atoms with Gasteiger partial charge >= 0.3 is 0 Å². The number of hydrogen-bond acceptors (Lipinski definition) is 6. The summed E-state index contributed by atoms with van der Waals surface area (Å²) in [6.07, 6.45) is -0.388. The van der Waals surface area contributed by atoms with Gasteiger partial charge in [0.05, 0.1) is 0 Å². The van der Waals surface area contributed by atoms with Crippen molar-refractivity contribution in [2.24, 2.45) is 0 Å². The number of ether oxygens (including phenoxy) is 3. The van der Waals surface area contributed by atoms with Crippen molar-refractivity contribution in [2.75, 3.05) is 32.8 Å². The van der Waals surface area contributed by atoms with Crippen LogP contribution in [0, 0.1) is 0 Å². The van der Waals surface area contributed by atoms with Crippen molar-refractivity contribution < 1.29 is 24.4 Å². The monoisotopic (exact) mass is 459 g/mol. The van der Waals surface area contributed by atoms with Crippen LogP contribution in [-0.2, 0) is 0 Å². The molecule has 0 aliphatic carbocycles. The Morgan fingerprint density at radius 2 is 1.56 bits per heavy atom. The van der Waals surface area contributed by atoms with Gasteiger partial charge in [0.1, 0.15) is 42.0 Å². The largest absolute Gasteiger partial charge is 0.508 e.